The van der Waals surface area contributed by atoms with Crippen LogP contribution >= 0.6 is 15.9 Å². The Bertz CT molecular complexity index is 280. The molecule has 0 amide bonds. The Labute approximate surface area is 85.2 Å². The summed E-state index contributed by atoms with van der Waals surface area (Å²) >= 11 is 3.13. The Balaban J connectivity index is 2.45. The molecule has 4 heteroatoms. The van der Waals surface area contributed by atoms with Gasteiger partial charge in [-0.1, -0.05) is 6.92 Å². The van der Waals surface area contributed by atoms with Gasteiger partial charge in [0.2, 0.25) is 0 Å². The van der Waals surface area contributed by atoms with Crippen LogP contribution in [0.2, 0.25) is 0 Å². The average molecular weight is 247 g/mol. The Kier molecular flexibility index (Phi) is 4.18. The van der Waals surface area contributed by atoms with Crippen molar-refractivity contribution in [3.8, 4) is 0 Å². The first-order valence-corrected chi connectivity index (χ1v) is 4.89. The molecule has 0 aliphatic heterocycles. The summed E-state index contributed by atoms with van der Waals surface area (Å²) in [6.45, 7) is 2.73. The SMILES string of the molecule is CCCOCC(=O)c1ccoc1Br. The molecule has 0 unspecified atom stereocenters. The van der Waals surface area contributed by atoms with E-state index in [9.17, 15) is 4.79 Å². The Morgan fingerprint density at radius 3 is 3.00 bits per heavy atom. The summed E-state index contributed by atoms with van der Waals surface area (Å²) < 4.78 is 10.5. The van der Waals surface area contributed by atoms with Crippen LogP contribution < -0.4 is 0 Å². The summed E-state index contributed by atoms with van der Waals surface area (Å²) in [5.74, 6) is -0.0610. The van der Waals surface area contributed by atoms with E-state index in [0.29, 0.717) is 16.8 Å². The monoisotopic (exact) mass is 246 g/mol. The summed E-state index contributed by atoms with van der Waals surface area (Å²) in [6.07, 6.45) is 2.39. The van der Waals surface area contributed by atoms with Crippen molar-refractivity contribution in [2.24, 2.45) is 0 Å². The number of Topliss-reactive ketones (excluding diaryl/α,β-unsaturated/α-hetero) is 1. The molecule has 13 heavy (non-hydrogen) atoms. The number of furan rings is 1. The van der Waals surface area contributed by atoms with Gasteiger partial charge in [-0.05, 0) is 28.4 Å². The van der Waals surface area contributed by atoms with Gasteiger partial charge in [0.05, 0.1) is 11.8 Å². The summed E-state index contributed by atoms with van der Waals surface area (Å²) in [4.78, 5) is 11.4. The lowest BCUT2D eigenvalue weighted by Crippen LogP contribution is -2.09. The maximum atomic E-state index is 11.4. The number of carbonyl (C=O) groups is 1. The van der Waals surface area contributed by atoms with E-state index < -0.39 is 0 Å². The second-order valence-corrected chi connectivity index (χ2v) is 3.30. The average Bonchev–Trinajstić information content (AvgIpc) is 2.52. The highest BCUT2D eigenvalue weighted by Crippen LogP contribution is 2.17. The van der Waals surface area contributed by atoms with Crippen molar-refractivity contribution in [2.75, 3.05) is 13.2 Å². The first-order chi connectivity index (χ1) is 6.25. The van der Waals surface area contributed by atoms with Crippen LogP contribution in [-0.2, 0) is 4.74 Å². The third kappa shape index (κ3) is 2.97. The number of hydrogen-bond donors (Lipinski definition) is 0. The van der Waals surface area contributed by atoms with Crippen LogP contribution in [-0.4, -0.2) is 19.0 Å². The number of ether oxygens (including phenoxy) is 1. The van der Waals surface area contributed by atoms with Crippen molar-refractivity contribution < 1.29 is 13.9 Å². The molecule has 1 aromatic heterocycles. The maximum Gasteiger partial charge on any atom is 0.192 e. The molecular formula is C9H11BrO3. The summed E-state index contributed by atoms with van der Waals surface area (Å²) in [7, 11) is 0. The van der Waals surface area contributed by atoms with Gasteiger partial charge in [0.25, 0.3) is 0 Å². The fourth-order valence-corrected chi connectivity index (χ4v) is 1.34. The minimum atomic E-state index is -0.0610. The molecule has 0 atom stereocenters. The highest BCUT2D eigenvalue weighted by atomic mass is 79.9. The van der Waals surface area contributed by atoms with Crippen LogP contribution in [0.15, 0.2) is 21.4 Å². The van der Waals surface area contributed by atoms with E-state index in [1.54, 1.807) is 6.07 Å². The van der Waals surface area contributed by atoms with Crippen LogP contribution in [0, 0.1) is 0 Å². The number of hydrogen-bond acceptors (Lipinski definition) is 3. The van der Waals surface area contributed by atoms with Gasteiger partial charge in [-0.3, -0.25) is 4.79 Å². The summed E-state index contributed by atoms with van der Waals surface area (Å²) in [5.41, 5.74) is 0.538. The molecule has 1 heterocycles. The van der Waals surface area contributed by atoms with Crippen LogP contribution in [0.5, 0.6) is 0 Å². The second-order valence-electron chi connectivity index (χ2n) is 2.58. The fraction of sp³-hybridized carbons (Fsp3) is 0.444. The van der Waals surface area contributed by atoms with Gasteiger partial charge in [0, 0.05) is 6.61 Å². The number of rotatable bonds is 5. The first kappa shape index (κ1) is 10.5. The highest BCUT2D eigenvalue weighted by Gasteiger charge is 2.11. The smallest absolute Gasteiger partial charge is 0.192 e. The molecule has 0 fully saturated rings. The summed E-state index contributed by atoms with van der Waals surface area (Å²) in [6, 6.07) is 1.63. The molecule has 0 saturated heterocycles. The molecule has 1 rings (SSSR count). The molecule has 0 N–H and O–H groups in total. The Morgan fingerprint density at radius 1 is 1.69 bits per heavy atom. The van der Waals surface area contributed by atoms with Crippen LogP contribution in [0.1, 0.15) is 23.7 Å². The lowest BCUT2D eigenvalue weighted by atomic mass is 10.2. The first-order valence-electron chi connectivity index (χ1n) is 4.09. The third-order valence-electron chi connectivity index (χ3n) is 1.50. The molecule has 0 radical (unpaired) electrons. The van der Waals surface area contributed by atoms with E-state index >= 15 is 0 Å². The van der Waals surface area contributed by atoms with Crippen LogP contribution in [0.4, 0.5) is 0 Å². The van der Waals surface area contributed by atoms with E-state index in [4.69, 9.17) is 9.15 Å². The van der Waals surface area contributed by atoms with Crippen molar-refractivity contribution in [3.05, 3.63) is 22.6 Å². The van der Waals surface area contributed by atoms with Crippen LogP contribution in [0.3, 0.4) is 0 Å². The van der Waals surface area contributed by atoms with Crippen molar-refractivity contribution >= 4 is 21.7 Å². The van der Waals surface area contributed by atoms with Crippen molar-refractivity contribution in [1.82, 2.24) is 0 Å². The van der Waals surface area contributed by atoms with Gasteiger partial charge < -0.3 is 9.15 Å². The molecular weight excluding hydrogens is 236 g/mol. The third-order valence-corrected chi connectivity index (χ3v) is 2.11. The minimum absolute atomic E-state index is 0.0610. The maximum absolute atomic E-state index is 11.4. The van der Waals surface area contributed by atoms with E-state index in [1.807, 2.05) is 6.92 Å². The lowest BCUT2D eigenvalue weighted by Gasteiger charge is -1.99. The summed E-state index contributed by atoms with van der Waals surface area (Å²) in [5, 5.41) is 0. The molecule has 1 aromatic rings. The molecule has 0 aliphatic carbocycles. The molecule has 0 aliphatic rings. The number of ketones is 1. The topological polar surface area (TPSA) is 39.4 Å². The van der Waals surface area contributed by atoms with E-state index in [0.717, 1.165) is 6.42 Å². The van der Waals surface area contributed by atoms with Gasteiger partial charge in [0.15, 0.2) is 10.5 Å². The van der Waals surface area contributed by atoms with Gasteiger partial charge in [-0.15, -0.1) is 0 Å². The highest BCUT2D eigenvalue weighted by molar-refractivity contribution is 9.10. The quantitative estimate of drug-likeness (QED) is 0.593. The molecule has 0 bridgehead atoms. The standard InChI is InChI=1S/C9H11BrO3/c1-2-4-12-6-8(11)7-3-5-13-9(7)10/h3,5H,2,4,6H2,1H3. The normalized spacial score (nSPS) is 10.3. The van der Waals surface area contributed by atoms with E-state index in [-0.39, 0.29) is 12.4 Å². The Morgan fingerprint density at radius 2 is 2.46 bits per heavy atom. The van der Waals surface area contributed by atoms with Crippen LogP contribution in [0.25, 0.3) is 0 Å². The molecule has 0 spiro atoms. The largest absolute Gasteiger partial charge is 0.457 e. The molecule has 0 aromatic carbocycles. The second kappa shape index (κ2) is 5.19. The minimum Gasteiger partial charge on any atom is -0.457 e. The van der Waals surface area contributed by atoms with Gasteiger partial charge >= 0.3 is 0 Å². The Hall–Kier alpha value is -0.610. The zero-order valence-electron chi connectivity index (χ0n) is 7.38. The predicted molar refractivity (Wildman–Crippen MR) is 51.8 cm³/mol. The molecule has 0 saturated carbocycles. The lowest BCUT2D eigenvalue weighted by molar-refractivity contribution is 0.0759. The van der Waals surface area contributed by atoms with Gasteiger partial charge in [-0.2, -0.15) is 0 Å². The van der Waals surface area contributed by atoms with Gasteiger partial charge in [0.1, 0.15) is 6.61 Å². The number of carbonyl (C=O) groups excluding carboxylic acids is 1. The number of halogens is 1. The molecule has 72 valence electrons. The zero-order chi connectivity index (χ0) is 9.68. The van der Waals surface area contributed by atoms with Crippen molar-refractivity contribution in [2.45, 2.75) is 13.3 Å². The van der Waals surface area contributed by atoms with E-state index in [1.165, 1.54) is 6.26 Å². The molecule has 3 nitrogen and oxygen atoms in total. The van der Waals surface area contributed by atoms with Crippen molar-refractivity contribution in [1.29, 1.82) is 0 Å². The van der Waals surface area contributed by atoms with Crippen molar-refractivity contribution in [3.63, 3.8) is 0 Å². The fourth-order valence-electron chi connectivity index (χ4n) is 0.880. The van der Waals surface area contributed by atoms with E-state index in [2.05, 4.69) is 15.9 Å². The van der Waals surface area contributed by atoms with Gasteiger partial charge in [-0.25, -0.2) is 0 Å². The zero-order valence-corrected chi connectivity index (χ0v) is 8.96. The predicted octanol–water partition coefficient (Wildman–Crippen LogP) is 2.65.